The molecule has 0 aliphatic carbocycles. The van der Waals surface area contributed by atoms with Gasteiger partial charge in [0, 0.05) is 126 Å². The number of para-hydroxylation sites is 1. The van der Waals surface area contributed by atoms with Gasteiger partial charge >= 0.3 is 0 Å². The average Bonchev–Trinajstić information content (AvgIpc) is 3.29. The van der Waals surface area contributed by atoms with Gasteiger partial charge in [-0.3, -0.25) is 9.80 Å². The van der Waals surface area contributed by atoms with Crippen LogP contribution in [0.1, 0.15) is 31.2 Å². The number of nitrogens with zero attached hydrogens (tertiary/aromatic N) is 8. The van der Waals surface area contributed by atoms with Crippen LogP contribution < -0.4 is 35.6 Å². The molecule has 0 atom stereocenters. The zero-order valence-electron chi connectivity index (χ0n) is 37.6. The lowest BCUT2D eigenvalue weighted by Crippen LogP contribution is -2.52. The molecule has 15 nitrogen and oxygen atoms in total. The van der Waals surface area contributed by atoms with E-state index in [0.29, 0.717) is 45.5 Å². The van der Waals surface area contributed by atoms with Gasteiger partial charge in [-0.05, 0) is 75.7 Å². The van der Waals surface area contributed by atoms with E-state index < -0.39 is 9.84 Å². The fourth-order valence-electron chi connectivity index (χ4n) is 9.04. The van der Waals surface area contributed by atoms with E-state index in [-0.39, 0.29) is 5.75 Å². The maximum absolute atomic E-state index is 11.9. The van der Waals surface area contributed by atoms with Gasteiger partial charge in [0.15, 0.2) is 15.7 Å². The first-order valence-electron chi connectivity index (χ1n) is 22.1. The van der Waals surface area contributed by atoms with E-state index in [1.165, 1.54) is 57.2 Å². The van der Waals surface area contributed by atoms with Gasteiger partial charge in [0.2, 0.25) is 5.95 Å². The third-order valence-electron chi connectivity index (χ3n) is 12.8. The summed E-state index contributed by atoms with van der Waals surface area (Å²) in [5.41, 5.74) is 10.9. The lowest BCUT2D eigenvalue weighted by Gasteiger charge is -2.42. The van der Waals surface area contributed by atoms with Gasteiger partial charge in [-0.2, -0.15) is 4.98 Å². The van der Waals surface area contributed by atoms with Gasteiger partial charge in [-0.25, -0.2) is 13.4 Å². The zero-order chi connectivity index (χ0) is 44.5. The van der Waals surface area contributed by atoms with Crippen LogP contribution in [0.5, 0.6) is 11.5 Å². The number of rotatable bonds is 12. The number of nitrogens with one attached hydrogen (secondary N) is 2. The number of piperidine rings is 2. The summed E-state index contributed by atoms with van der Waals surface area (Å²) in [5, 5.41) is 6.72. The number of halogens is 1. The molecule has 17 heteroatoms. The van der Waals surface area contributed by atoms with Gasteiger partial charge in [-0.1, -0.05) is 29.8 Å². The van der Waals surface area contributed by atoms with Crippen LogP contribution >= 0.6 is 11.6 Å². The Balaban J connectivity index is 0.000000227. The first-order chi connectivity index (χ1) is 30.3. The molecule has 0 amide bonds. The minimum atomic E-state index is -3.22. The van der Waals surface area contributed by atoms with E-state index in [2.05, 4.69) is 88.4 Å². The Kier molecular flexibility index (Phi) is 15.8. The number of nitrogen functional groups attached to an aromatic ring is 1. The summed E-state index contributed by atoms with van der Waals surface area (Å²) in [6.45, 7) is 13.7. The molecule has 4 aromatic rings. The van der Waals surface area contributed by atoms with Gasteiger partial charge < -0.3 is 45.4 Å². The van der Waals surface area contributed by atoms with Crippen molar-refractivity contribution in [3.63, 3.8) is 0 Å². The van der Waals surface area contributed by atoms with Crippen LogP contribution in [0.25, 0.3) is 0 Å². The molecule has 4 aliphatic rings. The second-order valence-corrected chi connectivity index (χ2v) is 19.8. The van der Waals surface area contributed by atoms with Crippen molar-refractivity contribution in [2.45, 2.75) is 43.5 Å². The molecule has 342 valence electrons. The summed E-state index contributed by atoms with van der Waals surface area (Å²) in [5.74, 6) is 2.07. The second-order valence-electron chi connectivity index (χ2n) is 17.3. The number of ether oxygens (including phenoxy) is 2. The highest BCUT2D eigenvalue weighted by atomic mass is 35.5. The van der Waals surface area contributed by atoms with Crippen LogP contribution in [-0.2, 0) is 15.6 Å². The Bertz CT molecular complexity index is 2220. The zero-order valence-corrected chi connectivity index (χ0v) is 39.2. The number of hydrogen-bond donors (Lipinski definition) is 3. The van der Waals surface area contributed by atoms with Gasteiger partial charge in [-0.15, -0.1) is 0 Å². The van der Waals surface area contributed by atoms with Crippen molar-refractivity contribution in [2.24, 2.45) is 0 Å². The molecule has 63 heavy (non-hydrogen) atoms. The Morgan fingerprint density at radius 2 is 1.22 bits per heavy atom. The summed E-state index contributed by atoms with van der Waals surface area (Å²) in [4.78, 5) is 23.9. The predicted octanol–water partition coefficient (Wildman–Crippen LogP) is 5.88. The molecule has 0 radical (unpaired) electrons. The molecule has 5 heterocycles. The summed E-state index contributed by atoms with van der Waals surface area (Å²) in [6, 6.07) is 20.8. The number of likely N-dealkylation sites (N-methyl/N-ethyl adjacent to an activating group) is 2. The lowest BCUT2D eigenvalue weighted by molar-refractivity contribution is 0.0982. The number of sulfone groups is 1. The molecule has 4 fully saturated rings. The minimum Gasteiger partial charge on any atom is -0.495 e. The van der Waals surface area contributed by atoms with Crippen LogP contribution in [0.3, 0.4) is 0 Å². The maximum Gasteiger partial charge on any atom is 0.229 e. The van der Waals surface area contributed by atoms with E-state index in [1.807, 2.05) is 18.2 Å². The van der Waals surface area contributed by atoms with Gasteiger partial charge in [0.05, 0.1) is 37.5 Å². The van der Waals surface area contributed by atoms with E-state index in [0.717, 1.165) is 88.4 Å². The maximum atomic E-state index is 11.9. The van der Waals surface area contributed by atoms with E-state index >= 15 is 0 Å². The number of anilines is 7. The van der Waals surface area contributed by atoms with E-state index in [4.69, 9.17) is 26.8 Å². The molecule has 0 spiro atoms. The van der Waals surface area contributed by atoms with Crippen LogP contribution in [0.15, 0.2) is 66.9 Å². The van der Waals surface area contributed by atoms with Crippen molar-refractivity contribution < 1.29 is 17.9 Å². The van der Waals surface area contributed by atoms with Gasteiger partial charge in [0.25, 0.3) is 0 Å². The highest BCUT2D eigenvalue weighted by molar-refractivity contribution is 7.89. The van der Waals surface area contributed by atoms with Crippen LogP contribution in [0.2, 0.25) is 5.02 Å². The van der Waals surface area contributed by atoms with Crippen molar-refractivity contribution in [1.82, 2.24) is 29.6 Å². The van der Waals surface area contributed by atoms with Crippen molar-refractivity contribution in [3.05, 3.63) is 77.4 Å². The lowest BCUT2D eigenvalue weighted by atomic mass is 10.0. The monoisotopic (exact) mass is 903 g/mol. The van der Waals surface area contributed by atoms with Crippen LogP contribution in [-0.4, -0.2) is 163 Å². The third kappa shape index (κ3) is 12.6. The second kappa shape index (κ2) is 21.4. The average molecular weight is 905 g/mol. The topological polar surface area (TPSA) is 148 Å². The number of piperazine rings is 2. The highest BCUT2D eigenvalue weighted by Crippen LogP contribution is 2.35. The van der Waals surface area contributed by atoms with E-state index in [9.17, 15) is 8.42 Å². The number of benzene rings is 3. The first-order valence-corrected chi connectivity index (χ1v) is 24.6. The summed E-state index contributed by atoms with van der Waals surface area (Å²) in [7, 11) is 4.52. The molecule has 4 aliphatic heterocycles. The van der Waals surface area contributed by atoms with Gasteiger partial charge in [0.1, 0.15) is 16.5 Å². The largest absolute Gasteiger partial charge is 0.495 e. The molecule has 8 rings (SSSR count). The van der Waals surface area contributed by atoms with Crippen molar-refractivity contribution >= 4 is 61.6 Å². The van der Waals surface area contributed by atoms with Crippen LogP contribution in [0.4, 0.5) is 40.2 Å². The minimum absolute atomic E-state index is 0.0962. The third-order valence-corrected chi connectivity index (χ3v) is 14.0. The SMILES string of the molecule is COc1cc(N2CCC(N3CCN(C)CC3)CC2)ccc1N.COc1cc(N2CCC(N3CCN(C)CC3)CC2)ccc1Nc1ncc(Cl)c(Nc2ccccc2CS(C)(=O)=O)n1. The molecule has 4 saturated heterocycles. The highest BCUT2D eigenvalue weighted by Gasteiger charge is 2.29. The quantitative estimate of drug-likeness (QED) is 0.145. The fraction of sp³-hybridized carbons (Fsp3) is 0.522. The number of aromatic nitrogens is 2. The van der Waals surface area contributed by atoms with Crippen LogP contribution in [0, 0.1) is 0 Å². The molecule has 1 aromatic heterocycles. The molecule has 4 N–H and O–H groups in total. The van der Waals surface area contributed by atoms with Crippen molar-refractivity contribution in [1.29, 1.82) is 0 Å². The molecule has 0 unspecified atom stereocenters. The molecular formula is C46H66ClN11O4S. The number of nitrogens with two attached hydrogens (primary N) is 1. The molecular weight excluding hydrogens is 838 g/mol. The Morgan fingerprint density at radius 3 is 1.76 bits per heavy atom. The summed E-state index contributed by atoms with van der Waals surface area (Å²) >= 11 is 6.40. The Morgan fingerprint density at radius 1 is 0.698 bits per heavy atom. The Labute approximate surface area is 379 Å². The standard InChI is InChI=1S/C29H38ClN7O3S.C17H28N4O/c1-35-14-16-37(17-15-35)22-10-12-36(13-11-22)23-8-9-26(27(18-23)40-2)33-29-31-19-24(30)28(34-29)32-25-7-5-4-6-21(25)20-41(3,38)39;1-19-9-11-21(12-10-19)14-5-7-20(8-6-14)15-3-4-16(18)17(13-15)22-2/h4-9,18-19,22H,10-17,20H2,1-3H3,(H2,31,32,33,34);3-4,13-14H,5-12,18H2,1-2H3. The smallest absolute Gasteiger partial charge is 0.229 e. The summed E-state index contributed by atoms with van der Waals surface area (Å²) in [6.07, 6.45) is 7.52. The van der Waals surface area contributed by atoms with Crippen molar-refractivity contribution in [2.75, 3.05) is 139 Å². The first kappa shape index (κ1) is 46.4. The van der Waals surface area contributed by atoms with E-state index in [1.54, 1.807) is 32.4 Å². The fourth-order valence-corrected chi connectivity index (χ4v) is 10.00. The Hall–Kier alpha value is -4.58. The summed E-state index contributed by atoms with van der Waals surface area (Å²) < 4.78 is 34.9. The number of methoxy groups -OCH3 is 2. The molecule has 0 bridgehead atoms. The molecule has 0 saturated carbocycles. The predicted molar refractivity (Wildman–Crippen MR) is 258 cm³/mol. The number of hydrogen-bond acceptors (Lipinski definition) is 15. The molecule has 3 aromatic carbocycles. The normalized spacial score (nSPS) is 19.0. The van der Waals surface area contributed by atoms with Crippen molar-refractivity contribution in [3.8, 4) is 11.5 Å².